The second-order valence-electron chi connectivity index (χ2n) is 4.59. The second kappa shape index (κ2) is 5.95. The summed E-state index contributed by atoms with van der Waals surface area (Å²) in [6.45, 7) is 3.86. The Labute approximate surface area is 123 Å². The second-order valence-corrected chi connectivity index (χ2v) is 7.67. The molecule has 0 bridgehead atoms. The predicted molar refractivity (Wildman–Crippen MR) is 83.5 cm³/mol. The van der Waals surface area contributed by atoms with Gasteiger partial charge in [-0.3, -0.25) is 4.72 Å². The first-order valence-corrected chi connectivity index (χ1v) is 8.69. The minimum absolute atomic E-state index is 0.132. The molecule has 0 aliphatic rings. The largest absolute Gasteiger partial charge is 0.324 e. The number of anilines is 1. The molecule has 1 heterocycles. The van der Waals surface area contributed by atoms with Gasteiger partial charge < -0.3 is 5.73 Å². The van der Waals surface area contributed by atoms with Gasteiger partial charge in [-0.25, -0.2) is 8.42 Å². The fourth-order valence-corrected chi connectivity index (χ4v) is 4.13. The summed E-state index contributed by atoms with van der Waals surface area (Å²) in [6, 6.07) is 10.5. The number of hydrogen-bond donors (Lipinski definition) is 2. The molecule has 0 saturated heterocycles. The van der Waals surface area contributed by atoms with Gasteiger partial charge in [0.2, 0.25) is 0 Å². The number of nitrogens with one attached hydrogen (secondary N) is 1. The first kappa shape index (κ1) is 15.0. The van der Waals surface area contributed by atoms with Crippen LogP contribution in [-0.4, -0.2) is 8.42 Å². The van der Waals surface area contributed by atoms with Crippen LogP contribution in [0.5, 0.6) is 0 Å². The molecule has 108 valence electrons. The van der Waals surface area contributed by atoms with Crippen molar-refractivity contribution < 1.29 is 8.42 Å². The van der Waals surface area contributed by atoms with Gasteiger partial charge in [0.1, 0.15) is 4.21 Å². The van der Waals surface area contributed by atoms with Gasteiger partial charge in [-0.15, -0.1) is 11.3 Å². The molecular formula is C14H18N2O2S2. The van der Waals surface area contributed by atoms with Crippen LogP contribution in [0.15, 0.2) is 40.6 Å². The first-order chi connectivity index (χ1) is 9.42. The Balaban J connectivity index is 2.26. The highest BCUT2D eigenvalue weighted by atomic mass is 32.2. The summed E-state index contributed by atoms with van der Waals surface area (Å²) in [5, 5.41) is 0. The van der Waals surface area contributed by atoms with Crippen LogP contribution < -0.4 is 10.5 Å². The molecule has 20 heavy (non-hydrogen) atoms. The maximum Gasteiger partial charge on any atom is 0.271 e. The lowest BCUT2D eigenvalue weighted by Crippen LogP contribution is -2.12. The van der Waals surface area contributed by atoms with E-state index in [9.17, 15) is 8.42 Å². The molecule has 0 fully saturated rings. The van der Waals surface area contributed by atoms with Crippen molar-refractivity contribution in [3.63, 3.8) is 0 Å². The van der Waals surface area contributed by atoms with Crippen molar-refractivity contribution in [3.05, 3.63) is 46.8 Å². The Hall–Kier alpha value is -1.37. The third-order valence-corrected chi connectivity index (χ3v) is 6.02. The Morgan fingerprint density at radius 2 is 2.05 bits per heavy atom. The Morgan fingerprint density at radius 1 is 1.30 bits per heavy atom. The molecule has 4 nitrogen and oxygen atoms in total. The van der Waals surface area contributed by atoms with Crippen LogP contribution in [0.25, 0.3) is 0 Å². The molecule has 1 atom stereocenters. The zero-order valence-corrected chi connectivity index (χ0v) is 13.1. The monoisotopic (exact) mass is 310 g/mol. The minimum Gasteiger partial charge on any atom is -0.324 e. The standard InChI is InChI=1S/C14H18N2O2S2/c1-3-13-7-8-14(19-13)20(17,18)16-12-6-4-5-11(9-12)10(2)15/h4-10,16H,3,15H2,1-2H3. The van der Waals surface area contributed by atoms with E-state index in [4.69, 9.17) is 5.73 Å². The zero-order valence-electron chi connectivity index (χ0n) is 11.5. The summed E-state index contributed by atoms with van der Waals surface area (Å²) in [5.41, 5.74) is 7.23. The van der Waals surface area contributed by atoms with E-state index in [0.29, 0.717) is 9.90 Å². The molecule has 0 spiro atoms. The molecule has 2 aromatic rings. The van der Waals surface area contributed by atoms with E-state index in [1.54, 1.807) is 24.3 Å². The summed E-state index contributed by atoms with van der Waals surface area (Å²) in [6.07, 6.45) is 0.834. The fraction of sp³-hybridized carbons (Fsp3) is 0.286. The van der Waals surface area contributed by atoms with Crippen molar-refractivity contribution in [1.82, 2.24) is 0 Å². The van der Waals surface area contributed by atoms with E-state index < -0.39 is 10.0 Å². The van der Waals surface area contributed by atoms with Gasteiger partial charge in [0, 0.05) is 16.6 Å². The maximum atomic E-state index is 12.3. The molecule has 0 aliphatic carbocycles. The average Bonchev–Trinajstić information content (AvgIpc) is 2.88. The number of sulfonamides is 1. The van der Waals surface area contributed by atoms with Crippen molar-refractivity contribution in [2.75, 3.05) is 4.72 Å². The number of benzene rings is 1. The van der Waals surface area contributed by atoms with Crippen molar-refractivity contribution in [2.45, 2.75) is 30.5 Å². The topological polar surface area (TPSA) is 72.2 Å². The fourth-order valence-electron chi connectivity index (χ4n) is 1.78. The zero-order chi connectivity index (χ0) is 14.8. The molecule has 0 radical (unpaired) electrons. The number of thiophene rings is 1. The smallest absolute Gasteiger partial charge is 0.271 e. The third-order valence-electron chi connectivity index (χ3n) is 2.91. The minimum atomic E-state index is -3.52. The van der Waals surface area contributed by atoms with E-state index >= 15 is 0 Å². The SMILES string of the molecule is CCc1ccc(S(=O)(=O)Nc2cccc(C(C)N)c2)s1. The molecule has 1 unspecified atom stereocenters. The summed E-state index contributed by atoms with van der Waals surface area (Å²) in [4.78, 5) is 1.05. The number of hydrogen-bond acceptors (Lipinski definition) is 4. The van der Waals surface area contributed by atoms with Gasteiger partial charge in [-0.1, -0.05) is 19.1 Å². The van der Waals surface area contributed by atoms with Gasteiger partial charge in [-0.05, 0) is 43.2 Å². The molecular weight excluding hydrogens is 292 g/mol. The number of aryl methyl sites for hydroxylation is 1. The molecule has 0 aliphatic heterocycles. The van der Waals surface area contributed by atoms with Crippen molar-refractivity contribution in [3.8, 4) is 0 Å². The quantitative estimate of drug-likeness (QED) is 0.891. The highest BCUT2D eigenvalue weighted by Gasteiger charge is 2.17. The highest BCUT2D eigenvalue weighted by Crippen LogP contribution is 2.25. The van der Waals surface area contributed by atoms with E-state index in [0.717, 1.165) is 16.9 Å². The average molecular weight is 310 g/mol. The van der Waals surface area contributed by atoms with Gasteiger partial charge in [0.15, 0.2) is 0 Å². The predicted octanol–water partition coefficient (Wildman–Crippen LogP) is 3.13. The van der Waals surface area contributed by atoms with Crippen LogP contribution in [0, 0.1) is 0 Å². The Kier molecular flexibility index (Phi) is 4.47. The Morgan fingerprint density at radius 3 is 2.65 bits per heavy atom. The van der Waals surface area contributed by atoms with E-state index in [1.807, 2.05) is 26.0 Å². The lowest BCUT2D eigenvalue weighted by atomic mass is 10.1. The van der Waals surface area contributed by atoms with Crippen LogP contribution in [0.1, 0.15) is 30.3 Å². The highest BCUT2D eigenvalue weighted by molar-refractivity contribution is 7.94. The maximum absolute atomic E-state index is 12.3. The van der Waals surface area contributed by atoms with Crippen LogP contribution >= 0.6 is 11.3 Å². The van der Waals surface area contributed by atoms with Crippen LogP contribution in [0.3, 0.4) is 0 Å². The van der Waals surface area contributed by atoms with Gasteiger partial charge in [0.05, 0.1) is 0 Å². The summed E-state index contributed by atoms with van der Waals surface area (Å²) in [5.74, 6) is 0. The summed E-state index contributed by atoms with van der Waals surface area (Å²) >= 11 is 1.29. The molecule has 3 N–H and O–H groups in total. The van der Waals surface area contributed by atoms with Crippen molar-refractivity contribution >= 4 is 27.0 Å². The normalized spacial score (nSPS) is 13.2. The summed E-state index contributed by atoms with van der Waals surface area (Å²) in [7, 11) is -3.52. The van der Waals surface area contributed by atoms with Gasteiger partial charge in [0.25, 0.3) is 10.0 Å². The number of rotatable bonds is 5. The van der Waals surface area contributed by atoms with Crippen LogP contribution in [-0.2, 0) is 16.4 Å². The first-order valence-electron chi connectivity index (χ1n) is 6.39. The molecule has 0 saturated carbocycles. The summed E-state index contributed by atoms with van der Waals surface area (Å²) < 4.78 is 27.5. The van der Waals surface area contributed by atoms with Crippen molar-refractivity contribution in [1.29, 1.82) is 0 Å². The molecule has 1 aromatic carbocycles. The Bertz CT molecular complexity index is 691. The third kappa shape index (κ3) is 3.39. The van der Waals surface area contributed by atoms with Crippen molar-refractivity contribution in [2.24, 2.45) is 5.73 Å². The molecule has 0 amide bonds. The lowest BCUT2D eigenvalue weighted by Gasteiger charge is -2.10. The van der Waals surface area contributed by atoms with Crippen LogP contribution in [0.4, 0.5) is 5.69 Å². The van der Waals surface area contributed by atoms with E-state index in [2.05, 4.69) is 4.72 Å². The van der Waals surface area contributed by atoms with Crippen LogP contribution in [0.2, 0.25) is 0 Å². The van der Waals surface area contributed by atoms with E-state index in [-0.39, 0.29) is 6.04 Å². The molecule has 2 rings (SSSR count). The lowest BCUT2D eigenvalue weighted by molar-refractivity contribution is 0.603. The number of nitrogens with two attached hydrogens (primary N) is 1. The molecule has 1 aromatic heterocycles. The van der Waals surface area contributed by atoms with E-state index in [1.165, 1.54) is 11.3 Å². The van der Waals surface area contributed by atoms with Gasteiger partial charge in [-0.2, -0.15) is 0 Å². The van der Waals surface area contributed by atoms with Gasteiger partial charge >= 0.3 is 0 Å². The molecule has 6 heteroatoms.